The second-order valence-electron chi connectivity index (χ2n) is 3.67. The Bertz CT molecular complexity index is 572. The van der Waals surface area contributed by atoms with Crippen molar-refractivity contribution >= 4 is 17.1 Å². The van der Waals surface area contributed by atoms with Crippen molar-refractivity contribution in [2.45, 2.75) is 13.8 Å². The van der Waals surface area contributed by atoms with Crippen LogP contribution in [0.25, 0.3) is 11.2 Å². The highest BCUT2D eigenvalue weighted by Gasteiger charge is 2.14. The number of nitrogens with zero attached hydrogens (tertiary/aromatic N) is 3. The highest BCUT2D eigenvalue weighted by molar-refractivity contribution is 5.93. The summed E-state index contributed by atoms with van der Waals surface area (Å²) >= 11 is 0. The SMILES string of the molecule is COC(=O)c1cc2c(nc1C)nc(C)n2C. The fourth-order valence-electron chi connectivity index (χ4n) is 1.63. The lowest BCUT2D eigenvalue weighted by Gasteiger charge is -2.03. The Morgan fingerprint density at radius 2 is 2.06 bits per heavy atom. The Kier molecular flexibility index (Phi) is 2.38. The lowest BCUT2D eigenvalue weighted by atomic mass is 10.2. The van der Waals surface area contributed by atoms with Gasteiger partial charge in [-0.3, -0.25) is 0 Å². The van der Waals surface area contributed by atoms with Crippen LogP contribution in [0.4, 0.5) is 0 Å². The highest BCUT2D eigenvalue weighted by atomic mass is 16.5. The van der Waals surface area contributed by atoms with Gasteiger partial charge in [0.25, 0.3) is 0 Å². The van der Waals surface area contributed by atoms with Crippen LogP contribution in [-0.4, -0.2) is 27.6 Å². The molecular weight excluding hydrogens is 206 g/mol. The van der Waals surface area contributed by atoms with E-state index in [0.29, 0.717) is 16.9 Å². The number of rotatable bonds is 1. The van der Waals surface area contributed by atoms with Gasteiger partial charge >= 0.3 is 5.97 Å². The lowest BCUT2D eigenvalue weighted by Crippen LogP contribution is -2.05. The molecule has 5 heteroatoms. The van der Waals surface area contributed by atoms with Gasteiger partial charge in [-0.25, -0.2) is 14.8 Å². The molecule has 0 atom stereocenters. The van der Waals surface area contributed by atoms with E-state index in [2.05, 4.69) is 9.97 Å². The molecule has 0 saturated heterocycles. The van der Waals surface area contributed by atoms with Crippen LogP contribution in [0.1, 0.15) is 21.9 Å². The number of fused-ring (bicyclic) bond motifs is 1. The number of hydrogen-bond donors (Lipinski definition) is 0. The van der Waals surface area contributed by atoms with Gasteiger partial charge in [0.15, 0.2) is 5.65 Å². The molecule has 0 N–H and O–H groups in total. The minimum absolute atomic E-state index is 0.370. The molecule has 2 heterocycles. The first-order valence-electron chi connectivity index (χ1n) is 4.93. The molecule has 0 amide bonds. The van der Waals surface area contributed by atoms with E-state index in [-0.39, 0.29) is 5.97 Å². The van der Waals surface area contributed by atoms with E-state index in [1.54, 1.807) is 13.0 Å². The standard InChI is InChI=1S/C11H13N3O2/c1-6-8(11(15)16-4)5-9-10(12-6)13-7(2)14(9)3/h5H,1-4H3. The van der Waals surface area contributed by atoms with Crippen LogP contribution in [0, 0.1) is 13.8 Å². The molecule has 0 saturated carbocycles. The van der Waals surface area contributed by atoms with Crippen molar-refractivity contribution < 1.29 is 9.53 Å². The molecule has 0 radical (unpaired) electrons. The molecule has 84 valence electrons. The number of aromatic nitrogens is 3. The monoisotopic (exact) mass is 219 g/mol. The first-order chi connectivity index (χ1) is 7.54. The van der Waals surface area contributed by atoms with E-state index in [1.165, 1.54) is 7.11 Å². The fourth-order valence-corrected chi connectivity index (χ4v) is 1.63. The molecule has 0 aliphatic carbocycles. The Morgan fingerprint density at radius 3 is 2.69 bits per heavy atom. The number of hydrogen-bond acceptors (Lipinski definition) is 4. The van der Waals surface area contributed by atoms with Crippen LogP contribution < -0.4 is 0 Å². The number of carbonyl (C=O) groups excluding carboxylic acids is 1. The van der Waals surface area contributed by atoms with Crippen molar-refractivity contribution in [3.8, 4) is 0 Å². The molecule has 0 unspecified atom stereocenters. The quantitative estimate of drug-likeness (QED) is 0.680. The Hall–Kier alpha value is -1.91. The van der Waals surface area contributed by atoms with Gasteiger partial charge in [0.05, 0.1) is 23.9 Å². The molecule has 0 spiro atoms. The minimum atomic E-state index is -0.370. The molecule has 5 nitrogen and oxygen atoms in total. The third-order valence-electron chi connectivity index (χ3n) is 2.69. The summed E-state index contributed by atoms with van der Waals surface area (Å²) in [6.07, 6.45) is 0. The van der Waals surface area contributed by atoms with Gasteiger partial charge in [0.2, 0.25) is 0 Å². The third kappa shape index (κ3) is 1.44. The van der Waals surface area contributed by atoms with E-state index >= 15 is 0 Å². The number of aryl methyl sites for hydroxylation is 3. The van der Waals surface area contributed by atoms with E-state index in [9.17, 15) is 4.79 Å². The van der Waals surface area contributed by atoms with Crippen molar-refractivity contribution in [1.29, 1.82) is 0 Å². The Labute approximate surface area is 93.1 Å². The molecule has 2 rings (SSSR count). The van der Waals surface area contributed by atoms with Gasteiger partial charge in [-0.1, -0.05) is 0 Å². The zero-order valence-electron chi connectivity index (χ0n) is 9.74. The third-order valence-corrected chi connectivity index (χ3v) is 2.69. The molecule has 0 bridgehead atoms. The number of ether oxygens (including phenoxy) is 1. The number of pyridine rings is 1. The van der Waals surface area contributed by atoms with Crippen molar-refractivity contribution in [2.24, 2.45) is 7.05 Å². The summed E-state index contributed by atoms with van der Waals surface area (Å²) in [4.78, 5) is 20.1. The molecule has 0 aromatic carbocycles. The van der Waals surface area contributed by atoms with Gasteiger partial charge < -0.3 is 9.30 Å². The molecule has 2 aromatic rings. The normalized spacial score (nSPS) is 10.8. The largest absolute Gasteiger partial charge is 0.465 e. The van der Waals surface area contributed by atoms with Crippen molar-refractivity contribution in [1.82, 2.24) is 14.5 Å². The number of imidazole rings is 1. The summed E-state index contributed by atoms with van der Waals surface area (Å²) in [7, 11) is 3.25. The topological polar surface area (TPSA) is 57.0 Å². The lowest BCUT2D eigenvalue weighted by molar-refractivity contribution is 0.0599. The van der Waals surface area contributed by atoms with Crippen LogP contribution in [0.15, 0.2) is 6.07 Å². The van der Waals surface area contributed by atoms with Gasteiger partial charge in [0.1, 0.15) is 5.82 Å². The average molecular weight is 219 g/mol. The van der Waals surface area contributed by atoms with Crippen LogP contribution >= 0.6 is 0 Å². The first kappa shape index (κ1) is 10.6. The van der Waals surface area contributed by atoms with E-state index in [1.807, 2.05) is 18.5 Å². The summed E-state index contributed by atoms with van der Waals surface area (Å²) in [5, 5.41) is 0. The average Bonchev–Trinajstić information content (AvgIpc) is 2.52. The number of carbonyl (C=O) groups is 1. The van der Waals surface area contributed by atoms with E-state index in [4.69, 9.17) is 4.74 Å². The maximum Gasteiger partial charge on any atom is 0.339 e. The van der Waals surface area contributed by atoms with Crippen LogP contribution in [0.3, 0.4) is 0 Å². The minimum Gasteiger partial charge on any atom is -0.465 e. The maximum atomic E-state index is 11.5. The van der Waals surface area contributed by atoms with Crippen molar-refractivity contribution in [3.63, 3.8) is 0 Å². The predicted molar refractivity (Wildman–Crippen MR) is 59.3 cm³/mol. The van der Waals surface area contributed by atoms with Crippen LogP contribution in [0.2, 0.25) is 0 Å². The molecule has 16 heavy (non-hydrogen) atoms. The Balaban J connectivity index is 2.73. The van der Waals surface area contributed by atoms with Crippen LogP contribution in [-0.2, 0) is 11.8 Å². The molecule has 0 fully saturated rings. The number of methoxy groups -OCH3 is 1. The smallest absolute Gasteiger partial charge is 0.339 e. The maximum absolute atomic E-state index is 11.5. The first-order valence-corrected chi connectivity index (χ1v) is 4.93. The molecule has 0 aliphatic rings. The van der Waals surface area contributed by atoms with Crippen molar-refractivity contribution in [3.05, 3.63) is 23.1 Å². The van der Waals surface area contributed by atoms with E-state index in [0.717, 1.165) is 11.3 Å². The van der Waals surface area contributed by atoms with Crippen LogP contribution in [0.5, 0.6) is 0 Å². The zero-order chi connectivity index (χ0) is 11.9. The second-order valence-corrected chi connectivity index (χ2v) is 3.67. The van der Waals surface area contributed by atoms with Gasteiger partial charge in [-0.2, -0.15) is 0 Å². The summed E-state index contributed by atoms with van der Waals surface area (Å²) in [6.45, 7) is 3.67. The van der Waals surface area contributed by atoms with Gasteiger partial charge in [0, 0.05) is 7.05 Å². The van der Waals surface area contributed by atoms with Gasteiger partial charge in [-0.15, -0.1) is 0 Å². The Morgan fingerprint density at radius 1 is 1.38 bits per heavy atom. The molecule has 2 aromatic heterocycles. The second kappa shape index (κ2) is 3.59. The zero-order valence-corrected chi connectivity index (χ0v) is 9.74. The molecular formula is C11H13N3O2. The predicted octanol–water partition coefficient (Wildman–Crippen LogP) is 1.37. The number of esters is 1. The summed E-state index contributed by atoms with van der Waals surface area (Å²) in [5.74, 6) is 0.495. The van der Waals surface area contributed by atoms with Gasteiger partial charge in [-0.05, 0) is 19.9 Å². The highest BCUT2D eigenvalue weighted by Crippen LogP contribution is 2.17. The van der Waals surface area contributed by atoms with E-state index < -0.39 is 0 Å². The summed E-state index contributed by atoms with van der Waals surface area (Å²) < 4.78 is 6.60. The molecule has 0 aliphatic heterocycles. The fraction of sp³-hybridized carbons (Fsp3) is 0.364. The summed E-state index contributed by atoms with van der Waals surface area (Å²) in [5.41, 5.74) is 2.61. The summed E-state index contributed by atoms with van der Waals surface area (Å²) in [6, 6.07) is 1.77. The van der Waals surface area contributed by atoms with Crippen molar-refractivity contribution in [2.75, 3.05) is 7.11 Å².